The first-order valence-electron chi connectivity index (χ1n) is 2.84. The highest BCUT2D eigenvalue weighted by Crippen LogP contribution is 1.90. The van der Waals surface area contributed by atoms with E-state index in [1.165, 1.54) is 7.11 Å². The Labute approximate surface area is 66.2 Å². The van der Waals surface area contributed by atoms with Crippen molar-refractivity contribution in [3.63, 3.8) is 0 Å². The van der Waals surface area contributed by atoms with Crippen molar-refractivity contribution in [1.82, 2.24) is 20.6 Å². The maximum atomic E-state index is 10.5. The van der Waals surface area contributed by atoms with E-state index >= 15 is 0 Å². The van der Waals surface area contributed by atoms with Crippen molar-refractivity contribution in [2.24, 2.45) is 5.16 Å². The Morgan fingerprint density at radius 1 is 1.75 bits per heavy atom. The van der Waals surface area contributed by atoms with Gasteiger partial charge < -0.3 is 9.94 Å². The van der Waals surface area contributed by atoms with Crippen LogP contribution in [-0.2, 0) is 9.63 Å². The lowest BCUT2D eigenvalue weighted by atomic mass is 10.4. The second kappa shape index (κ2) is 3.42. The first-order chi connectivity index (χ1) is 5.75. The second-order valence-corrected chi connectivity index (χ2v) is 1.66. The summed E-state index contributed by atoms with van der Waals surface area (Å²) >= 11 is 0. The maximum Gasteiger partial charge on any atom is 0.362 e. The zero-order chi connectivity index (χ0) is 8.97. The largest absolute Gasteiger partial charge is 0.476 e. The Balaban J connectivity index is 2.96. The molecule has 8 heteroatoms. The van der Waals surface area contributed by atoms with Crippen molar-refractivity contribution in [2.45, 2.75) is 0 Å². The minimum Gasteiger partial charge on any atom is -0.476 e. The number of nitrogens with one attached hydrogen (secondary N) is 1. The van der Waals surface area contributed by atoms with Crippen LogP contribution in [0.1, 0.15) is 5.82 Å². The van der Waals surface area contributed by atoms with Gasteiger partial charge in [0.2, 0.25) is 11.5 Å². The smallest absolute Gasteiger partial charge is 0.362 e. The molecule has 1 heterocycles. The number of carboxylic acids is 1. The standard InChI is InChI=1S/C4H5N5O3/c1-12-7-2(4(10)11)3-5-8-9-6-3/h1H3,(H,10,11)(H,5,6,8,9)/b7-2-. The van der Waals surface area contributed by atoms with Crippen LogP contribution in [0.3, 0.4) is 0 Å². The lowest BCUT2D eigenvalue weighted by Crippen LogP contribution is -2.16. The molecule has 0 amide bonds. The lowest BCUT2D eigenvalue weighted by molar-refractivity contribution is -0.129. The van der Waals surface area contributed by atoms with Crippen molar-refractivity contribution >= 4 is 11.7 Å². The van der Waals surface area contributed by atoms with Gasteiger partial charge in [-0.3, -0.25) is 0 Å². The van der Waals surface area contributed by atoms with Gasteiger partial charge in [0.05, 0.1) is 0 Å². The number of hydrogen-bond acceptors (Lipinski definition) is 6. The van der Waals surface area contributed by atoms with Gasteiger partial charge in [-0.2, -0.15) is 5.21 Å². The number of oxime groups is 1. The first kappa shape index (κ1) is 8.11. The molecule has 0 radical (unpaired) electrons. The Kier molecular flexibility index (Phi) is 2.31. The summed E-state index contributed by atoms with van der Waals surface area (Å²) in [5.41, 5.74) is -0.397. The normalized spacial score (nSPS) is 11.2. The highest BCUT2D eigenvalue weighted by Gasteiger charge is 2.17. The van der Waals surface area contributed by atoms with Crippen molar-refractivity contribution < 1.29 is 14.7 Å². The first-order valence-corrected chi connectivity index (χ1v) is 2.84. The fraction of sp³-hybridized carbons (Fsp3) is 0.250. The fourth-order valence-corrected chi connectivity index (χ4v) is 0.529. The predicted octanol–water partition coefficient (Wildman–Crippen LogP) is -1.37. The van der Waals surface area contributed by atoms with Crippen LogP contribution >= 0.6 is 0 Å². The van der Waals surface area contributed by atoms with Crippen LogP contribution in [-0.4, -0.2) is 44.5 Å². The molecule has 0 spiro atoms. The number of aromatic nitrogens is 4. The van der Waals surface area contributed by atoms with Crippen LogP contribution in [0.4, 0.5) is 0 Å². The van der Waals surface area contributed by atoms with Gasteiger partial charge in [-0.05, 0) is 5.21 Å². The fourth-order valence-electron chi connectivity index (χ4n) is 0.529. The number of aliphatic carboxylic acids is 1. The third-order valence-electron chi connectivity index (χ3n) is 0.942. The summed E-state index contributed by atoms with van der Waals surface area (Å²) < 4.78 is 0. The number of carboxylic acid groups (broad SMARTS) is 1. The molecule has 0 aliphatic heterocycles. The zero-order valence-electron chi connectivity index (χ0n) is 6.05. The maximum absolute atomic E-state index is 10.5. The molecular formula is C4H5N5O3. The molecule has 1 rings (SSSR count). The Bertz CT molecular complexity index is 292. The molecule has 64 valence electrons. The summed E-state index contributed by atoms with van der Waals surface area (Å²) in [6, 6.07) is 0. The van der Waals surface area contributed by atoms with E-state index in [0.717, 1.165) is 0 Å². The van der Waals surface area contributed by atoms with Gasteiger partial charge in [0, 0.05) is 0 Å². The summed E-state index contributed by atoms with van der Waals surface area (Å²) in [5.74, 6) is -1.40. The van der Waals surface area contributed by atoms with Crippen LogP contribution in [0.5, 0.6) is 0 Å². The molecule has 0 fully saturated rings. The SMILES string of the molecule is CO/N=C(\C(=O)O)c1nn[nH]n1. The minimum atomic E-state index is -1.28. The van der Waals surface area contributed by atoms with Gasteiger partial charge in [-0.1, -0.05) is 5.16 Å². The molecule has 0 saturated heterocycles. The molecule has 0 bridgehead atoms. The molecule has 12 heavy (non-hydrogen) atoms. The van der Waals surface area contributed by atoms with Crippen molar-refractivity contribution in [1.29, 1.82) is 0 Å². The third kappa shape index (κ3) is 1.54. The lowest BCUT2D eigenvalue weighted by Gasteiger charge is -1.91. The van der Waals surface area contributed by atoms with Crippen LogP contribution < -0.4 is 0 Å². The van der Waals surface area contributed by atoms with Gasteiger partial charge in [0.15, 0.2) is 0 Å². The molecule has 0 aliphatic rings. The summed E-state index contributed by atoms with van der Waals surface area (Å²) in [6.45, 7) is 0. The van der Waals surface area contributed by atoms with E-state index in [9.17, 15) is 4.79 Å². The molecule has 0 saturated carbocycles. The van der Waals surface area contributed by atoms with E-state index in [-0.39, 0.29) is 5.82 Å². The van der Waals surface area contributed by atoms with E-state index in [0.29, 0.717) is 0 Å². The molecule has 0 atom stereocenters. The number of rotatable bonds is 3. The van der Waals surface area contributed by atoms with Gasteiger partial charge >= 0.3 is 5.97 Å². The molecular weight excluding hydrogens is 166 g/mol. The van der Waals surface area contributed by atoms with E-state index in [1.54, 1.807) is 0 Å². The Morgan fingerprint density at radius 2 is 2.50 bits per heavy atom. The molecule has 8 nitrogen and oxygen atoms in total. The number of tetrazole rings is 1. The van der Waals surface area contributed by atoms with Crippen LogP contribution in [0, 0.1) is 0 Å². The molecule has 1 aromatic heterocycles. The van der Waals surface area contributed by atoms with Crippen LogP contribution in [0.25, 0.3) is 0 Å². The van der Waals surface area contributed by atoms with Gasteiger partial charge in [-0.25, -0.2) is 4.79 Å². The Morgan fingerprint density at radius 3 is 2.92 bits per heavy atom. The monoisotopic (exact) mass is 171 g/mol. The summed E-state index contributed by atoms with van der Waals surface area (Å²) in [4.78, 5) is 14.7. The van der Waals surface area contributed by atoms with Crippen molar-refractivity contribution in [3.8, 4) is 0 Å². The van der Waals surface area contributed by atoms with E-state index in [1.807, 2.05) is 0 Å². The average Bonchev–Trinajstić information content (AvgIpc) is 2.51. The van der Waals surface area contributed by atoms with Crippen molar-refractivity contribution in [2.75, 3.05) is 7.11 Å². The number of hydrogen-bond donors (Lipinski definition) is 2. The second-order valence-electron chi connectivity index (χ2n) is 1.66. The predicted molar refractivity (Wildman–Crippen MR) is 35.4 cm³/mol. The van der Waals surface area contributed by atoms with Gasteiger partial charge in [0.1, 0.15) is 7.11 Å². The molecule has 0 aromatic carbocycles. The van der Waals surface area contributed by atoms with E-state index in [2.05, 4.69) is 30.6 Å². The summed E-state index contributed by atoms with van der Waals surface area (Å²) in [7, 11) is 1.23. The number of H-pyrrole nitrogens is 1. The van der Waals surface area contributed by atoms with E-state index < -0.39 is 11.7 Å². The molecule has 0 aliphatic carbocycles. The van der Waals surface area contributed by atoms with Gasteiger partial charge in [0.25, 0.3) is 0 Å². The van der Waals surface area contributed by atoms with Gasteiger partial charge in [-0.15, -0.1) is 10.2 Å². The number of nitrogens with zero attached hydrogens (tertiary/aromatic N) is 4. The Hall–Kier alpha value is -1.99. The molecule has 2 N–H and O–H groups in total. The summed E-state index contributed by atoms with van der Waals surface area (Å²) in [5, 5.41) is 23.8. The highest BCUT2D eigenvalue weighted by molar-refractivity contribution is 6.41. The minimum absolute atomic E-state index is 0.121. The highest BCUT2D eigenvalue weighted by atomic mass is 16.6. The topological polar surface area (TPSA) is 113 Å². The van der Waals surface area contributed by atoms with Crippen LogP contribution in [0.15, 0.2) is 5.16 Å². The zero-order valence-corrected chi connectivity index (χ0v) is 6.05. The quantitative estimate of drug-likeness (QED) is 0.428. The third-order valence-corrected chi connectivity index (χ3v) is 0.942. The van der Waals surface area contributed by atoms with Crippen LogP contribution in [0.2, 0.25) is 0 Å². The average molecular weight is 171 g/mol. The summed E-state index contributed by atoms with van der Waals surface area (Å²) in [6.07, 6.45) is 0. The van der Waals surface area contributed by atoms with Crippen molar-refractivity contribution in [3.05, 3.63) is 5.82 Å². The molecule has 0 unspecified atom stereocenters. The number of aromatic amines is 1. The molecule has 1 aromatic rings. The number of carbonyl (C=O) groups is 1. The van der Waals surface area contributed by atoms with E-state index in [4.69, 9.17) is 5.11 Å².